The maximum Gasteiger partial charge on any atom is 0.315 e. The van der Waals surface area contributed by atoms with Gasteiger partial charge in [0, 0.05) is 25.2 Å². The highest BCUT2D eigenvalue weighted by Gasteiger charge is 2.30. The van der Waals surface area contributed by atoms with Crippen LogP contribution in [0, 0.1) is 0 Å². The molecule has 0 saturated carbocycles. The highest BCUT2D eigenvalue weighted by atomic mass is 16.3. The molecule has 5 heteroatoms. The van der Waals surface area contributed by atoms with Crippen LogP contribution in [-0.4, -0.2) is 47.3 Å². The SMILES string of the molecule is CC(CO)NC(=O)NCC(C)(C)N1CCc2ccccc2C1. The fraction of sp³-hybridized carbons (Fsp3) is 0.588. The van der Waals surface area contributed by atoms with Gasteiger partial charge in [-0.15, -0.1) is 0 Å². The summed E-state index contributed by atoms with van der Waals surface area (Å²) in [6, 6.07) is 8.09. The number of amides is 2. The lowest BCUT2D eigenvalue weighted by atomic mass is 9.94. The molecule has 0 spiro atoms. The van der Waals surface area contributed by atoms with Crippen LogP contribution in [0.15, 0.2) is 24.3 Å². The lowest BCUT2D eigenvalue weighted by molar-refractivity contribution is 0.104. The van der Waals surface area contributed by atoms with E-state index >= 15 is 0 Å². The van der Waals surface area contributed by atoms with Crippen molar-refractivity contribution in [1.29, 1.82) is 0 Å². The van der Waals surface area contributed by atoms with Crippen LogP contribution in [0.3, 0.4) is 0 Å². The first kappa shape index (κ1) is 16.8. The molecular weight excluding hydrogens is 278 g/mol. The fourth-order valence-electron chi connectivity index (χ4n) is 2.74. The minimum absolute atomic E-state index is 0.0558. The number of nitrogens with one attached hydrogen (secondary N) is 2. The number of aliphatic hydroxyl groups is 1. The fourth-order valence-corrected chi connectivity index (χ4v) is 2.74. The third kappa shape index (κ3) is 4.21. The predicted octanol–water partition coefficient (Wildman–Crippen LogP) is 1.50. The molecule has 0 bridgehead atoms. The third-order valence-corrected chi connectivity index (χ3v) is 4.32. The van der Waals surface area contributed by atoms with Crippen molar-refractivity contribution in [2.24, 2.45) is 0 Å². The summed E-state index contributed by atoms with van der Waals surface area (Å²) in [5, 5.41) is 14.6. The first-order valence-electron chi connectivity index (χ1n) is 7.89. The molecule has 1 heterocycles. The summed E-state index contributed by atoms with van der Waals surface area (Å²) in [5.41, 5.74) is 2.69. The molecule has 0 radical (unpaired) electrons. The van der Waals surface area contributed by atoms with E-state index in [2.05, 4.69) is 53.6 Å². The Kier molecular flexibility index (Phi) is 5.42. The second-order valence-electron chi connectivity index (χ2n) is 6.66. The third-order valence-electron chi connectivity index (χ3n) is 4.32. The second kappa shape index (κ2) is 7.11. The van der Waals surface area contributed by atoms with Crippen molar-refractivity contribution in [3.05, 3.63) is 35.4 Å². The van der Waals surface area contributed by atoms with Gasteiger partial charge in [-0.1, -0.05) is 24.3 Å². The summed E-state index contributed by atoms with van der Waals surface area (Å²) >= 11 is 0. The van der Waals surface area contributed by atoms with Gasteiger partial charge in [-0.25, -0.2) is 4.79 Å². The van der Waals surface area contributed by atoms with E-state index in [-0.39, 0.29) is 24.2 Å². The van der Waals surface area contributed by atoms with E-state index in [1.54, 1.807) is 6.92 Å². The van der Waals surface area contributed by atoms with Crippen LogP contribution < -0.4 is 10.6 Å². The molecule has 1 aliphatic heterocycles. The van der Waals surface area contributed by atoms with Crippen LogP contribution in [0.4, 0.5) is 4.79 Å². The average Bonchev–Trinajstić information content (AvgIpc) is 2.52. The molecular formula is C17H27N3O2. The maximum atomic E-state index is 11.8. The highest BCUT2D eigenvalue weighted by Crippen LogP contribution is 2.24. The van der Waals surface area contributed by atoms with Crippen molar-refractivity contribution < 1.29 is 9.90 Å². The standard InChI is InChI=1S/C17H27N3O2/c1-13(11-21)19-16(22)18-12-17(2,3)20-9-8-14-6-4-5-7-15(14)10-20/h4-7,13,21H,8-12H2,1-3H3,(H2,18,19,22). The van der Waals surface area contributed by atoms with E-state index in [9.17, 15) is 4.79 Å². The van der Waals surface area contributed by atoms with Crippen molar-refractivity contribution >= 4 is 6.03 Å². The topological polar surface area (TPSA) is 64.6 Å². The summed E-state index contributed by atoms with van der Waals surface area (Å²) in [4.78, 5) is 14.2. The number of rotatable bonds is 5. The highest BCUT2D eigenvalue weighted by molar-refractivity contribution is 5.74. The Labute approximate surface area is 132 Å². The van der Waals surface area contributed by atoms with Gasteiger partial charge in [-0.3, -0.25) is 4.90 Å². The molecule has 2 rings (SSSR count). The van der Waals surface area contributed by atoms with Crippen molar-refractivity contribution in [2.45, 2.75) is 45.3 Å². The molecule has 1 aromatic carbocycles. The number of benzene rings is 1. The number of carbonyl (C=O) groups excluding carboxylic acids is 1. The van der Waals surface area contributed by atoms with Gasteiger partial charge in [0.2, 0.25) is 0 Å². The second-order valence-corrected chi connectivity index (χ2v) is 6.66. The number of nitrogens with zero attached hydrogens (tertiary/aromatic N) is 1. The number of aliphatic hydroxyl groups excluding tert-OH is 1. The quantitative estimate of drug-likeness (QED) is 0.772. The van der Waals surface area contributed by atoms with Crippen molar-refractivity contribution in [3.8, 4) is 0 Å². The minimum Gasteiger partial charge on any atom is -0.394 e. The number of urea groups is 1. The molecule has 0 aliphatic carbocycles. The molecule has 1 atom stereocenters. The van der Waals surface area contributed by atoms with Gasteiger partial charge in [-0.2, -0.15) is 0 Å². The van der Waals surface area contributed by atoms with Crippen LogP contribution in [0.25, 0.3) is 0 Å². The Morgan fingerprint density at radius 3 is 2.73 bits per heavy atom. The smallest absolute Gasteiger partial charge is 0.315 e. The summed E-state index contributed by atoms with van der Waals surface area (Å²) in [6.07, 6.45) is 1.05. The maximum absolute atomic E-state index is 11.8. The zero-order valence-electron chi connectivity index (χ0n) is 13.7. The Morgan fingerprint density at radius 2 is 2.05 bits per heavy atom. The van der Waals surface area contributed by atoms with E-state index in [0.717, 1.165) is 19.5 Å². The van der Waals surface area contributed by atoms with Crippen LogP contribution in [-0.2, 0) is 13.0 Å². The van der Waals surface area contributed by atoms with Crippen LogP contribution in [0.2, 0.25) is 0 Å². The van der Waals surface area contributed by atoms with Crippen LogP contribution >= 0.6 is 0 Å². The van der Waals surface area contributed by atoms with Crippen LogP contribution in [0.5, 0.6) is 0 Å². The monoisotopic (exact) mass is 305 g/mol. The number of hydrogen-bond acceptors (Lipinski definition) is 3. The molecule has 1 aliphatic rings. The van der Waals surface area contributed by atoms with Crippen molar-refractivity contribution in [1.82, 2.24) is 15.5 Å². The molecule has 122 valence electrons. The van der Waals surface area contributed by atoms with Gasteiger partial charge in [0.15, 0.2) is 0 Å². The van der Waals surface area contributed by atoms with Gasteiger partial charge in [0.25, 0.3) is 0 Å². The molecule has 1 aromatic rings. The van der Waals surface area contributed by atoms with E-state index in [4.69, 9.17) is 5.11 Å². The predicted molar refractivity (Wildman–Crippen MR) is 87.7 cm³/mol. The Morgan fingerprint density at radius 1 is 1.36 bits per heavy atom. The Balaban J connectivity index is 1.90. The molecule has 22 heavy (non-hydrogen) atoms. The minimum atomic E-state index is -0.232. The molecule has 3 N–H and O–H groups in total. The summed E-state index contributed by atoms with van der Waals surface area (Å²) < 4.78 is 0. The summed E-state index contributed by atoms with van der Waals surface area (Å²) in [7, 11) is 0. The van der Waals surface area contributed by atoms with Gasteiger partial charge < -0.3 is 15.7 Å². The van der Waals surface area contributed by atoms with E-state index in [1.165, 1.54) is 11.1 Å². The summed E-state index contributed by atoms with van der Waals surface area (Å²) in [5.74, 6) is 0. The molecule has 2 amide bonds. The van der Waals surface area contributed by atoms with E-state index in [1.807, 2.05) is 0 Å². The van der Waals surface area contributed by atoms with Crippen molar-refractivity contribution in [3.63, 3.8) is 0 Å². The molecule has 5 nitrogen and oxygen atoms in total. The molecule has 1 unspecified atom stereocenters. The first-order valence-corrected chi connectivity index (χ1v) is 7.89. The molecule has 0 aromatic heterocycles. The molecule has 0 saturated heterocycles. The number of fused-ring (bicyclic) bond motifs is 1. The largest absolute Gasteiger partial charge is 0.394 e. The normalized spacial score (nSPS) is 16.7. The van der Waals surface area contributed by atoms with Crippen LogP contribution in [0.1, 0.15) is 31.9 Å². The summed E-state index contributed by atoms with van der Waals surface area (Å²) in [6.45, 7) is 8.50. The van der Waals surface area contributed by atoms with Gasteiger partial charge >= 0.3 is 6.03 Å². The average molecular weight is 305 g/mol. The molecule has 0 fully saturated rings. The zero-order chi connectivity index (χ0) is 16.2. The first-order chi connectivity index (χ1) is 10.4. The Hall–Kier alpha value is -1.59. The van der Waals surface area contributed by atoms with Gasteiger partial charge in [-0.05, 0) is 38.3 Å². The Bertz CT molecular complexity index is 516. The number of carbonyl (C=O) groups is 1. The van der Waals surface area contributed by atoms with Crippen molar-refractivity contribution in [2.75, 3.05) is 19.7 Å². The lowest BCUT2D eigenvalue weighted by Crippen LogP contribution is -2.55. The van der Waals surface area contributed by atoms with E-state index in [0.29, 0.717) is 6.54 Å². The number of hydrogen-bond donors (Lipinski definition) is 3. The van der Waals surface area contributed by atoms with Gasteiger partial charge in [0.05, 0.1) is 12.6 Å². The van der Waals surface area contributed by atoms with E-state index < -0.39 is 0 Å². The van der Waals surface area contributed by atoms with Gasteiger partial charge in [0.1, 0.15) is 0 Å². The lowest BCUT2D eigenvalue weighted by Gasteiger charge is -2.41. The zero-order valence-corrected chi connectivity index (χ0v) is 13.7.